The summed E-state index contributed by atoms with van der Waals surface area (Å²) >= 11 is 10.3. The molecule has 0 spiro atoms. The van der Waals surface area contributed by atoms with Gasteiger partial charge in [0.1, 0.15) is 0 Å². The number of carbonyl (C=O) groups excluding carboxylic acids is 3. The van der Waals surface area contributed by atoms with E-state index >= 15 is 0 Å². The maximum Gasteiger partial charge on any atom is -0.0848 e. The molecule has 0 unspecified atom stereocenters. The van der Waals surface area contributed by atoms with Gasteiger partial charge >= 0.3 is 0 Å². The Morgan fingerprint density at radius 3 is 0.500 bits per heavy atom. The third-order valence-corrected chi connectivity index (χ3v) is 0. The van der Waals surface area contributed by atoms with Crippen molar-refractivity contribution in [2.75, 3.05) is 0 Å². The van der Waals surface area contributed by atoms with Gasteiger partial charge in [0.05, 0.1) is 0 Å². The molecule has 24 N–H and O–H groups in total. The van der Waals surface area contributed by atoms with Gasteiger partial charge in [-0.05, 0) is 0 Å². The van der Waals surface area contributed by atoms with Crippen molar-refractivity contribution in [3.8, 4) is 0 Å². The van der Waals surface area contributed by atoms with E-state index in [2.05, 4.69) is 37.9 Å². The van der Waals surface area contributed by atoms with Gasteiger partial charge in [-0.3, -0.25) is 0 Å². The van der Waals surface area contributed by atoms with Gasteiger partial charge in [-0.2, -0.15) is 0 Å². The average molecular weight is 336 g/mol. The SMILES string of the molecule is O=C([O-])[S-].O=C([O-])[S-].O=C([O-])[S-].[NH4+].[NH4+].[NH4+].[NH4+].[NH4+].[NH4+]. The summed E-state index contributed by atoms with van der Waals surface area (Å²) in [6.07, 6.45) is 0. The summed E-state index contributed by atoms with van der Waals surface area (Å²) in [5.41, 5.74) is 0. The zero-order valence-electron chi connectivity index (χ0n) is 11.2. The minimum absolute atomic E-state index is 0. The Balaban J connectivity index is -0.00000000827. The van der Waals surface area contributed by atoms with Crippen LogP contribution in [0.1, 0.15) is 0 Å². The average Bonchev–Trinajstić information content (AvgIpc) is 1.54. The molecule has 0 aliphatic heterocycles. The predicted molar refractivity (Wildman–Crippen MR) is 74.2 cm³/mol. The number of hydrogen-bond acceptors (Lipinski definition) is 9. The maximum atomic E-state index is 8.70. The first-order chi connectivity index (χ1) is 5.20. The monoisotopic (exact) mass is 336 g/mol. The Morgan fingerprint density at radius 1 is 0.500 bits per heavy atom. The molecule has 12 nitrogen and oxygen atoms in total. The lowest BCUT2D eigenvalue weighted by Gasteiger charge is -1.98. The summed E-state index contributed by atoms with van der Waals surface area (Å²) in [7, 11) is 0. The van der Waals surface area contributed by atoms with Crippen LogP contribution in [0.2, 0.25) is 0 Å². The van der Waals surface area contributed by atoms with Crippen molar-refractivity contribution >= 4 is 53.8 Å². The Labute approximate surface area is 121 Å². The van der Waals surface area contributed by atoms with E-state index in [1.54, 1.807) is 0 Å². The molecule has 0 heterocycles. The highest BCUT2D eigenvalue weighted by molar-refractivity contribution is 7.76. The highest BCUT2D eigenvalue weighted by Crippen LogP contribution is 1.38. The molecule has 0 saturated carbocycles. The molecule has 0 aromatic rings. The van der Waals surface area contributed by atoms with Crippen molar-refractivity contribution in [2.24, 2.45) is 0 Å². The van der Waals surface area contributed by atoms with Crippen LogP contribution in [0.4, 0.5) is 14.4 Å². The van der Waals surface area contributed by atoms with E-state index in [9.17, 15) is 0 Å². The van der Waals surface area contributed by atoms with Gasteiger partial charge in [0.25, 0.3) is 0 Å². The van der Waals surface area contributed by atoms with Crippen molar-refractivity contribution in [2.45, 2.75) is 0 Å². The quantitative estimate of drug-likeness (QED) is 0.291. The second-order valence-electron chi connectivity index (χ2n) is 0.750. The normalized spacial score (nSPS) is 4.00. The minimum Gasteiger partial charge on any atom is -0.764 e. The molecule has 0 amide bonds. The van der Waals surface area contributed by atoms with Gasteiger partial charge in [0.2, 0.25) is 0 Å². The molecule has 0 atom stereocenters. The van der Waals surface area contributed by atoms with E-state index in [0.29, 0.717) is 0 Å². The molecule has 18 heavy (non-hydrogen) atoms. The first-order valence-electron chi connectivity index (χ1n) is 1.84. The molecule has 0 aliphatic rings. The molecule has 0 bridgehead atoms. The number of quaternary nitrogens is 6. The van der Waals surface area contributed by atoms with E-state index in [1.165, 1.54) is 0 Å². The number of carbonyl (C=O) groups is 3. The van der Waals surface area contributed by atoms with Crippen molar-refractivity contribution < 1.29 is 29.7 Å². The molecule has 0 fully saturated rings. The van der Waals surface area contributed by atoms with Gasteiger partial charge in [-0.25, -0.2) is 0 Å². The topological polar surface area (TPSA) is 339 Å². The standard InChI is InChI=1S/3CH2O2S.6H3N/c3*2-1(3)4;;;;;;/h3*4H,(H,2,3);6*1H3. The fourth-order valence-electron chi connectivity index (χ4n) is 0. The summed E-state index contributed by atoms with van der Waals surface area (Å²) in [5, 5.41) is 21.6. The van der Waals surface area contributed by atoms with Gasteiger partial charge in [-0.15, -0.1) is 0 Å². The van der Waals surface area contributed by atoms with Gasteiger partial charge in [-0.1, -0.05) is 15.9 Å². The summed E-state index contributed by atoms with van der Waals surface area (Å²) in [6, 6.07) is 0. The van der Waals surface area contributed by atoms with Crippen LogP contribution in [0.25, 0.3) is 0 Å². The van der Waals surface area contributed by atoms with Crippen LogP contribution in [0.15, 0.2) is 0 Å². The van der Waals surface area contributed by atoms with Crippen molar-refractivity contribution in [3.63, 3.8) is 0 Å². The Kier molecular flexibility index (Phi) is 217. The lowest BCUT2D eigenvalue weighted by Crippen LogP contribution is -2.15. The van der Waals surface area contributed by atoms with E-state index in [1.807, 2.05) is 0 Å². The minimum atomic E-state index is -1.50. The first kappa shape index (κ1) is 68.8. The Morgan fingerprint density at radius 2 is 0.500 bits per heavy atom. The summed E-state index contributed by atoms with van der Waals surface area (Å²) in [6.45, 7) is 0. The predicted octanol–water partition coefficient (Wildman–Crippen LogP) is -1.11. The van der Waals surface area contributed by atoms with Crippen LogP contribution < -0.4 is 52.2 Å². The Bertz CT molecular complexity index is 132. The smallest absolute Gasteiger partial charge is 0.0848 e. The maximum absolute atomic E-state index is 8.70. The third kappa shape index (κ3) is 2070. The molecule has 0 aliphatic carbocycles. The summed E-state index contributed by atoms with van der Waals surface area (Å²) in [5.74, 6) is 0. The lowest BCUT2D eigenvalue weighted by molar-refractivity contribution is -0.233. The molecule has 0 aromatic carbocycles. The molecule has 0 saturated heterocycles. The zero-order chi connectivity index (χ0) is 10.7. The highest BCUT2D eigenvalue weighted by Gasteiger charge is 1.25. The molecule has 120 valence electrons. The van der Waals surface area contributed by atoms with Gasteiger partial charge < -0.3 is 104 Å². The number of carboxylic acid groups (broad SMARTS) is 3. The van der Waals surface area contributed by atoms with E-state index in [-0.39, 0.29) is 36.9 Å². The fraction of sp³-hybridized carbons (Fsp3) is 0. The van der Waals surface area contributed by atoms with Crippen LogP contribution in [0.5, 0.6) is 0 Å². The Hall–Kier alpha value is -1.17. The highest BCUT2D eigenvalue weighted by atomic mass is 32.1. The lowest BCUT2D eigenvalue weighted by atomic mass is 11.6. The van der Waals surface area contributed by atoms with Crippen LogP contribution in [0.3, 0.4) is 0 Å². The van der Waals surface area contributed by atoms with E-state index in [4.69, 9.17) is 29.7 Å². The van der Waals surface area contributed by atoms with Gasteiger partial charge in [0, 0.05) is 0 Å². The van der Waals surface area contributed by atoms with E-state index in [0.717, 1.165) is 0 Å². The van der Waals surface area contributed by atoms with Crippen LogP contribution in [-0.4, -0.2) is 15.9 Å². The molecule has 15 heteroatoms. The number of rotatable bonds is 0. The van der Waals surface area contributed by atoms with Gasteiger partial charge in [0.15, 0.2) is 0 Å². The molecule has 0 radical (unpaired) electrons. The van der Waals surface area contributed by atoms with Crippen molar-refractivity contribution in [1.82, 2.24) is 36.9 Å². The molecular weight excluding hydrogens is 312 g/mol. The van der Waals surface area contributed by atoms with Crippen LogP contribution in [0, 0.1) is 0 Å². The zero-order valence-corrected chi connectivity index (χ0v) is 13.6. The van der Waals surface area contributed by atoms with Crippen LogP contribution in [-0.2, 0) is 37.9 Å². The van der Waals surface area contributed by atoms with Crippen LogP contribution >= 0.6 is 0 Å². The first-order valence-corrected chi connectivity index (χ1v) is 3.06. The van der Waals surface area contributed by atoms with E-state index < -0.39 is 15.9 Å². The van der Waals surface area contributed by atoms with Crippen molar-refractivity contribution in [1.29, 1.82) is 0 Å². The largest absolute Gasteiger partial charge is 0.764 e. The summed E-state index contributed by atoms with van der Waals surface area (Å²) < 4.78 is 0. The second-order valence-corrected chi connectivity index (χ2v) is 1.75. The molecule has 0 rings (SSSR count). The number of hydrogen-bond donors (Lipinski definition) is 6. The van der Waals surface area contributed by atoms with Crippen molar-refractivity contribution in [3.05, 3.63) is 0 Å². The second kappa shape index (κ2) is 56.8. The molecule has 0 aromatic heterocycles. The summed E-state index contributed by atoms with van der Waals surface area (Å²) in [4.78, 5) is 26.1. The molecular formula is C3H24N6O6S3. The third-order valence-electron chi connectivity index (χ3n) is 0. The fourth-order valence-corrected chi connectivity index (χ4v) is 0.